The Morgan fingerprint density at radius 1 is 1.14 bits per heavy atom. The molecular formula is C21H31N3O4. The highest BCUT2D eigenvalue weighted by Gasteiger charge is 2.43. The Balaban J connectivity index is 1.63. The Bertz CT molecular complexity index is 720. The molecule has 1 N–H and O–H groups in total. The van der Waals surface area contributed by atoms with Gasteiger partial charge < -0.3 is 9.84 Å². The molecule has 2 aliphatic heterocycles. The number of piperazine rings is 1. The quantitative estimate of drug-likeness (QED) is 0.613. The summed E-state index contributed by atoms with van der Waals surface area (Å²) in [6.45, 7) is 3.72. The average Bonchev–Trinajstić information content (AvgIpc) is 3.18. The zero-order valence-corrected chi connectivity index (χ0v) is 16.7. The van der Waals surface area contributed by atoms with Crippen LogP contribution in [0.3, 0.4) is 0 Å². The van der Waals surface area contributed by atoms with E-state index in [-0.39, 0.29) is 17.2 Å². The second kappa shape index (κ2) is 8.25. The van der Waals surface area contributed by atoms with Crippen LogP contribution in [-0.4, -0.2) is 58.7 Å². The minimum atomic E-state index is -0.418. The van der Waals surface area contributed by atoms with Gasteiger partial charge in [0, 0.05) is 43.3 Å². The first-order valence-electron chi connectivity index (χ1n) is 10.6. The molecule has 7 heteroatoms. The van der Waals surface area contributed by atoms with Gasteiger partial charge in [-0.2, -0.15) is 0 Å². The molecule has 0 spiro atoms. The van der Waals surface area contributed by atoms with Crippen LogP contribution >= 0.6 is 0 Å². The van der Waals surface area contributed by atoms with Crippen LogP contribution in [0.15, 0.2) is 12.1 Å². The predicted octanol–water partition coefficient (Wildman–Crippen LogP) is 3.54. The van der Waals surface area contributed by atoms with Crippen molar-refractivity contribution in [2.45, 2.75) is 63.6 Å². The zero-order valence-electron chi connectivity index (χ0n) is 16.7. The number of hydrogen-bond acceptors (Lipinski definition) is 6. The first-order chi connectivity index (χ1) is 13.6. The SMILES string of the molecule is COc1cc([N+](=O)[O-])cc(CN2CCN3CCC[C@@H]3[C@@H]2C2CCCCC2)c1O. The summed E-state index contributed by atoms with van der Waals surface area (Å²) in [4.78, 5) is 16.0. The standard InChI is InChI=1S/C21H31N3O4/c1-28-19-13-17(24(26)27)12-16(21(19)25)14-23-11-10-22-9-5-8-18(22)20(23)15-6-3-2-4-7-15/h12-13,15,18,20,25H,2-11,14H2,1H3/t18-,20+/m1/s1. The number of rotatable bonds is 5. The Morgan fingerprint density at radius 2 is 1.93 bits per heavy atom. The lowest BCUT2D eigenvalue weighted by Gasteiger charge is -2.49. The summed E-state index contributed by atoms with van der Waals surface area (Å²) in [5.41, 5.74) is 0.566. The molecule has 7 nitrogen and oxygen atoms in total. The van der Waals surface area contributed by atoms with E-state index in [1.54, 1.807) is 0 Å². The predicted molar refractivity (Wildman–Crippen MR) is 107 cm³/mol. The molecule has 1 saturated carbocycles. The van der Waals surface area contributed by atoms with Gasteiger partial charge in [-0.3, -0.25) is 19.9 Å². The largest absolute Gasteiger partial charge is 0.504 e. The monoisotopic (exact) mass is 389 g/mol. The zero-order chi connectivity index (χ0) is 19.7. The molecule has 2 saturated heterocycles. The van der Waals surface area contributed by atoms with E-state index in [2.05, 4.69) is 9.80 Å². The van der Waals surface area contributed by atoms with Gasteiger partial charge in [-0.15, -0.1) is 0 Å². The molecule has 1 aromatic carbocycles. The second-order valence-electron chi connectivity index (χ2n) is 8.52. The van der Waals surface area contributed by atoms with E-state index in [0.717, 1.165) is 13.1 Å². The van der Waals surface area contributed by atoms with Crippen LogP contribution in [0.25, 0.3) is 0 Å². The molecule has 4 rings (SSSR count). The number of phenolic OH excluding ortho intramolecular Hbond substituents is 1. The highest BCUT2D eigenvalue weighted by molar-refractivity contribution is 5.53. The van der Waals surface area contributed by atoms with Crippen molar-refractivity contribution in [3.8, 4) is 11.5 Å². The van der Waals surface area contributed by atoms with Crippen molar-refractivity contribution in [3.05, 3.63) is 27.8 Å². The van der Waals surface area contributed by atoms with Gasteiger partial charge in [-0.05, 0) is 38.1 Å². The summed E-state index contributed by atoms with van der Waals surface area (Å²) in [5, 5.41) is 22.0. The lowest BCUT2D eigenvalue weighted by atomic mass is 9.78. The highest BCUT2D eigenvalue weighted by atomic mass is 16.6. The first-order valence-corrected chi connectivity index (χ1v) is 10.6. The van der Waals surface area contributed by atoms with E-state index in [4.69, 9.17) is 4.74 Å². The molecule has 3 fully saturated rings. The Kier molecular flexibility index (Phi) is 5.73. The fraction of sp³-hybridized carbons (Fsp3) is 0.714. The maximum atomic E-state index is 11.3. The Morgan fingerprint density at radius 3 is 2.64 bits per heavy atom. The number of nitrogens with zero attached hydrogens (tertiary/aromatic N) is 3. The molecule has 28 heavy (non-hydrogen) atoms. The van der Waals surface area contributed by atoms with Crippen molar-refractivity contribution >= 4 is 5.69 Å². The third-order valence-corrected chi connectivity index (χ3v) is 6.98. The summed E-state index contributed by atoms with van der Waals surface area (Å²) in [6.07, 6.45) is 8.99. The third kappa shape index (κ3) is 3.70. The van der Waals surface area contributed by atoms with Gasteiger partial charge in [0.15, 0.2) is 11.5 Å². The van der Waals surface area contributed by atoms with Gasteiger partial charge in [-0.1, -0.05) is 19.3 Å². The van der Waals surface area contributed by atoms with Gasteiger partial charge in [0.2, 0.25) is 0 Å². The van der Waals surface area contributed by atoms with Crippen molar-refractivity contribution in [2.75, 3.05) is 26.7 Å². The van der Waals surface area contributed by atoms with E-state index in [0.29, 0.717) is 30.1 Å². The number of ether oxygens (including phenoxy) is 1. The molecule has 0 radical (unpaired) electrons. The summed E-state index contributed by atoms with van der Waals surface area (Å²) in [6, 6.07) is 3.86. The molecule has 0 amide bonds. The third-order valence-electron chi connectivity index (χ3n) is 6.98. The van der Waals surface area contributed by atoms with Crippen LogP contribution < -0.4 is 4.74 Å². The number of phenols is 1. The minimum Gasteiger partial charge on any atom is -0.504 e. The topological polar surface area (TPSA) is 79.1 Å². The van der Waals surface area contributed by atoms with E-state index in [9.17, 15) is 15.2 Å². The van der Waals surface area contributed by atoms with Gasteiger partial charge in [0.05, 0.1) is 18.1 Å². The number of nitro benzene ring substituents is 1. The molecule has 2 heterocycles. The van der Waals surface area contributed by atoms with E-state index < -0.39 is 4.92 Å². The normalized spacial score (nSPS) is 26.9. The molecule has 0 aromatic heterocycles. The lowest BCUT2D eigenvalue weighted by molar-refractivity contribution is -0.385. The van der Waals surface area contributed by atoms with Gasteiger partial charge in [0.25, 0.3) is 5.69 Å². The first kappa shape index (κ1) is 19.5. The molecule has 1 aliphatic carbocycles. The Labute approximate surface area is 166 Å². The van der Waals surface area contributed by atoms with Gasteiger partial charge >= 0.3 is 0 Å². The molecule has 0 unspecified atom stereocenters. The molecule has 2 atom stereocenters. The Hall–Kier alpha value is -1.86. The summed E-state index contributed by atoms with van der Waals surface area (Å²) in [7, 11) is 1.44. The number of non-ortho nitro benzene ring substituents is 1. The molecule has 1 aromatic rings. The maximum Gasteiger partial charge on any atom is 0.273 e. The van der Waals surface area contributed by atoms with Crippen molar-refractivity contribution in [1.82, 2.24) is 9.80 Å². The smallest absolute Gasteiger partial charge is 0.273 e. The molecule has 3 aliphatic rings. The second-order valence-corrected chi connectivity index (χ2v) is 8.52. The number of hydrogen-bond donors (Lipinski definition) is 1. The number of aromatic hydroxyl groups is 1. The van der Waals surface area contributed by atoms with Crippen LogP contribution in [0.2, 0.25) is 0 Å². The summed E-state index contributed by atoms with van der Waals surface area (Å²) >= 11 is 0. The number of fused-ring (bicyclic) bond motifs is 1. The fourth-order valence-corrected chi connectivity index (χ4v) is 5.69. The van der Waals surface area contributed by atoms with Crippen LogP contribution in [0, 0.1) is 16.0 Å². The van der Waals surface area contributed by atoms with Crippen molar-refractivity contribution in [3.63, 3.8) is 0 Å². The number of benzene rings is 1. The molecular weight excluding hydrogens is 358 g/mol. The molecule has 154 valence electrons. The van der Waals surface area contributed by atoms with Crippen molar-refractivity contribution < 1.29 is 14.8 Å². The minimum absolute atomic E-state index is 0.0293. The van der Waals surface area contributed by atoms with Crippen LogP contribution in [0.1, 0.15) is 50.5 Å². The van der Waals surface area contributed by atoms with Crippen molar-refractivity contribution in [2.24, 2.45) is 5.92 Å². The lowest BCUT2D eigenvalue weighted by Crippen LogP contribution is -2.59. The van der Waals surface area contributed by atoms with Crippen LogP contribution in [-0.2, 0) is 6.54 Å². The molecule has 0 bridgehead atoms. The maximum absolute atomic E-state index is 11.3. The summed E-state index contributed by atoms with van der Waals surface area (Å²) in [5.74, 6) is 0.893. The number of methoxy groups -OCH3 is 1. The highest BCUT2D eigenvalue weighted by Crippen LogP contribution is 2.40. The van der Waals surface area contributed by atoms with Crippen molar-refractivity contribution in [1.29, 1.82) is 0 Å². The fourth-order valence-electron chi connectivity index (χ4n) is 5.69. The number of nitro groups is 1. The van der Waals surface area contributed by atoms with Crippen LogP contribution in [0.4, 0.5) is 5.69 Å². The van der Waals surface area contributed by atoms with Crippen LogP contribution in [0.5, 0.6) is 11.5 Å². The van der Waals surface area contributed by atoms with Gasteiger partial charge in [-0.25, -0.2) is 0 Å². The summed E-state index contributed by atoms with van der Waals surface area (Å²) < 4.78 is 5.20. The van der Waals surface area contributed by atoms with E-state index >= 15 is 0 Å². The van der Waals surface area contributed by atoms with E-state index in [1.165, 1.54) is 70.7 Å². The van der Waals surface area contributed by atoms with E-state index in [1.807, 2.05) is 0 Å². The van der Waals surface area contributed by atoms with Gasteiger partial charge in [0.1, 0.15) is 0 Å². The average molecular weight is 389 g/mol.